The largest absolute Gasteiger partial charge is 0.497 e. The highest BCUT2D eigenvalue weighted by atomic mass is 32.2. The molecule has 2 aromatic carbocycles. The summed E-state index contributed by atoms with van der Waals surface area (Å²) in [6.45, 7) is 0. The van der Waals surface area contributed by atoms with Gasteiger partial charge >= 0.3 is 0 Å². The van der Waals surface area contributed by atoms with Crippen molar-refractivity contribution < 1.29 is 23.2 Å². The highest BCUT2D eigenvalue weighted by Crippen LogP contribution is 2.40. The van der Waals surface area contributed by atoms with Crippen molar-refractivity contribution in [2.75, 3.05) is 28.4 Å². The van der Waals surface area contributed by atoms with Crippen LogP contribution in [0, 0.1) is 0 Å². The molecule has 0 spiro atoms. The summed E-state index contributed by atoms with van der Waals surface area (Å²) >= 11 is 0. The maximum absolute atomic E-state index is 12.3. The lowest BCUT2D eigenvalue weighted by molar-refractivity contribution is 0.324. The molecule has 0 bridgehead atoms. The van der Waals surface area contributed by atoms with Gasteiger partial charge in [-0.2, -0.15) is 0 Å². The molecule has 0 aliphatic heterocycles. The van der Waals surface area contributed by atoms with E-state index in [-0.39, 0.29) is 0 Å². The van der Waals surface area contributed by atoms with Gasteiger partial charge in [0, 0.05) is 11.0 Å². The summed E-state index contributed by atoms with van der Waals surface area (Å²) in [5, 5.41) is 1.65. The minimum Gasteiger partial charge on any atom is -0.497 e. The Kier molecular flexibility index (Phi) is 6.89. The second-order valence-corrected chi connectivity index (χ2v) is 6.42. The van der Waals surface area contributed by atoms with Crippen LogP contribution in [0.15, 0.2) is 41.8 Å². The van der Waals surface area contributed by atoms with Gasteiger partial charge in [0.1, 0.15) is 5.75 Å². The fourth-order valence-electron chi connectivity index (χ4n) is 2.34. The topological polar surface area (TPSA) is 54.0 Å². The lowest BCUT2D eigenvalue weighted by Crippen LogP contribution is -1.97. The zero-order chi connectivity index (χ0) is 18.2. The van der Waals surface area contributed by atoms with Gasteiger partial charge < -0.3 is 18.9 Å². The molecule has 0 aliphatic rings. The second-order valence-electron chi connectivity index (χ2n) is 5.10. The molecule has 0 aliphatic carbocycles. The summed E-state index contributed by atoms with van der Waals surface area (Å²) in [6, 6.07) is 11.1. The van der Waals surface area contributed by atoms with E-state index in [2.05, 4.69) is 0 Å². The van der Waals surface area contributed by atoms with Crippen molar-refractivity contribution in [2.45, 2.75) is 5.75 Å². The van der Waals surface area contributed by atoms with Crippen LogP contribution in [0.3, 0.4) is 0 Å². The molecule has 0 radical (unpaired) electrons. The third-order valence-electron chi connectivity index (χ3n) is 3.60. The first-order valence-electron chi connectivity index (χ1n) is 7.60. The van der Waals surface area contributed by atoms with Crippen molar-refractivity contribution in [3.63, 3.8) is 0 Å². The highest BCUT2D eigenvalue weighted by molar-refractivity contribution is 7.87. The van der Waals surface area contributed by atoms with Crippen molar-refractivity contribution in [1.82, 2.24) is 0 Å². The molecular formula is C19H22O5S. The summed E-state index contributed by atoms with van der Waals surface area (Å²) in [5.74, 6) is 2.83. The van der Waals surface area contributed by atoms with E-state index >= 15 is 0 Å². The Bertz CT molecular complexity index is 753. The van der Waals surface area contributed by atoms with Gasteiger partial charge in [-0.1, -0.05) is 12.1 Å². The summed E-state index contributed by atoms with van der Waals surface area (Å²) < 4.78 is 33.5. The molecule has 5 nitrogen and oxygen atoms in total. The number of benzene rings is 2. The van der Waals surface area contributed by atoms with Gasteiger partial charge in [0.05, 0.1) is 45.0 Å². The minimum atomic E-state index is -1.16. The van der Waals surface area contributed by atoms with Gasteiger partial charge in [-0.05, 0) is 35.9 Å². The van der Waals surface area contributed by atoms with Crippen LogP contribution >= 0.6 is 0 Å². The molecule has 0 heterocycles. The minimum absolute atomic E-state index is 0.427. The van der Waals surface area contributed by atoms with Crippen LogP contribution in [0.4, 0.5) is 0 Å². The Morgan fingerprint density at radius 3 is 2.08 bits per heavy atom. The Labute approximate surface area is 150 Å². The third kappa shape index (κ3) is 4.76. The van der Waals surface area contributed by atoms with Crippen molar-refractivity contribution in [3.05, 3.63) is 52.9 Å². The lowest BCUT2D eigenvalue weighted by atomic mass is 10.1. The summed E-state index contributed by atoms with van der Waals surface area (Å²) in [6.07, 6.45) is 1.76. The van der Waals surface area contributed by atoms with Crippen molar-refractivity contribution in [3.8, 4) is 23.0 Å². The molecule has 1 atom stereocenters. The first kappa shape index (κ1) is 18.9. The van der Waals surface area contributed by atoms with Crippen molar-refractivity contribution >= 4 is 16.9 Å². The average Bonchev–Trinajstić information content (AvgIpc) is 2.65. The third-order valence-corrected chi connectivity index (χ3v) is 4.66. The molecule has 25 heavy (non-hydrogen) atoms. The average molecular weight is 362 g/mol. The Morgan fingerprint density at radius 1 is 0.840 bits per heavy atom. The summed E-state index contributed by atoms with van der Waals surface area (Å²) in [5.41, 5.74) is 1.74. The molecule has 0 fully saturated rings. The first-order valence-corrected chi connectivity index (χ1v) is 8.98. The van der Waals surface area contributed by atoms with Crippen molar-refractivity contribution in [2.24, 2.45) is 0 Å². The van der Waals surface area contributed by atoms with Crippen LogP contribution in [0.25, 0.3) is 6.08 Å². The molecular weight excluding hydrogens is 340 g/mol. The molecule has 0 saturated heterocycles. The second kappa shape index (κ2) is 9.13. The predicted octanol–water partition coefficient (Wildman–Crippen LogP) is 3.64. The van der Waals surface area contributed by atoms with E-state index < -0.39 is 10.8 Å². The fourth-order valence-corrected chi connectivity index (χ4v) is 3.25. The van der Waals surface area contributed by atoms with E-state index in [0.29, 0.717) is 23.0 Å². The van der Waals surface area contributed by atoms with Crippen molar-refractivity contribution in [1.29, 1.82) is 0 Å². The molecule has 6 heteroatoms. The van der Waals surface area contributed by atoms with E-state index in [4.69, 9.17) is 18.9 Å². The molecule has 0 saturated carbocycles. The summed E-state index contributed by atoms with van der Waals surface area (Å²) in [7, 11) is 5.14. The van der Waals surface area contributed by atoms with E-state index in [1.54, 1.807) is 46.0 Å². The molecule has 134 valence electrons. The molecule has 0 N–H and O–H groups in total. The number of ether oxygens (including phenoxy) is 4. The predicted molar refractivity (Wildman–Crippen MR) is 100.0 cm³/mol. The van der Waals surface area contributed by atoms with Gasteiger partial charge in [-0.15, -0.1) is 0 Å². The van der Waals surface area contributed by atoms with Crippen LogP contribution in [-0.4, -0.2) is 32.6 Å². The van der Waals surface area contributed by atoms with Crippen LogP contribution in [-0.2, 0) is 16.6 Å². The SMILES string of the molecule is COc1ccc(CS(=O)C=Cc2ccc(OC)c(OC)c2OC)cc1. The van der Waals surface area contributed by atoms with Crippen LogP contribution in [0.2, 0.25) is 0 Å². The van der Waals surface area contributed by atoms with Gasteiger partial charge in [-0.25, -0.2) is 0 Å². The molecule has 1 unspecified atom stereocenters. The van der Waals surface area contributed by atoms with Gasteiger partial charge in [0.25, 0.3) is 0 Å². The number of hydrogen-bond donors (Lipinski definition) is 0. The molecule has 2 rings (SSSR count). The van der Waals surface area contributed by atoms with E-state index in [0.717, 1.165) is 16.9 Å². The quantitative estimate of drug-likeness (QED) is 0.718. The fraction of sp³-hybridized carbons (Fsp3) is 0.263. The maximum atomic E-state index is 12.3. The smallest absolute Gasteiger partial charge is 0.203 e. The van der Waals surface area contributed by atoms with Crippen LogP contribution in [0.1, 0.15) is 11.1 Å². The van der Waals surface area contributed by atoms with Crippen LogP contribution in [0.5, 0.6) is 23.0 Å². The Balaban J connectivity index is 2.15. The van der Waals surface area contributed by atoms with Crippen LogP contribution < -0.4 is 18.9 Å². The molecule has 2 aromatic rings. The zero-order valence-corrected chi connectivity index (χ0v) is 15.6. The van der Waals surface area contributed by atoms with E-state index in [1.807, 2.05) is 30.3 Å². The molecule has 0 aromatic heterocycles. The highest BCUT2D eigenvalue weighted by Gasteiger charge is 2.14. The lowest BCUT2D eigenvalue weighted by Gasteiger charge is -2.13. The maximum Gasteiger partial charge on any atom is 0.203 e. The zero-order valence-electron chi connectivity index (χ0n) is 14.8. The summed E-state index contributed by atoms with van der Waals surface area (Å²) in [4.78, 5) is 0. The number of rotatable bonds is 8. The molecule has 0 amide bonds. The number of hydrogen-bond acceptors (Lipinski definition) is 5. The normalized spacial score (nSPS) is 12.0. The van der Waals surface area contributed by atoms with Gasteiger partial charge in [0.15, 0.2) is 11.5 Å². The Morgan fingerprint density at radius 2 is 1.52 bits per heavy atom. The van der Waals surface area contributed by atoms with Gasteiger partial charge in [-0.3, -0.25) is 4.21 Å². The van der Waals surface area contributed by atoms with E-state index in [1.165, 1.54) is 0 Å². The van der Waals surface area contributed by atoms with E-state index in [9.17, 15) is 4.21 Å². The number of methoxy groups -OCH3 is 4. The standard InChI is InChI=1S/C19H22O5S/c1-21-16-8-5-14(6-9-16)13-25(20)12-11-15-7-10-17(22-2)19(24-4)18(15)23-3/h5-12H,13H2,1-4H3. The first-order chi connectivity index (χ1) is 12.1. The van der Waals surface area contributed by atoms with Gasteiger partial charge in [0.2, 0.25) is 5.75 Å². The Hall–Kier alpha value is -2.47. The monoisotopic (exact) mass is 362 g/mol.